The van der Waals surface area contributed by atoms with Gasteiger partial charge in [-0.15, -0.1) is 11.3 Å². The Morgan fingerprint density at radius 1 is 1.35 bits per heavy atom. The highest BCUT2D eigenvalue weighted by molar-refractivity contribution is 7.07. The quantitative estimate of drug-likeness (QED) is 0.602. The van der Waals surface area contributed by atoms with Gasteiger partial charge in [-0.1, -0.05) is 0 Å². The van der Waals surface area contributed by atoms with Crippen LogP contribution < -0.4 is 10.6 Å². The lowest BCUT2D eigenvalue weighted by molar-refractivity contribution is -0.384. The zero-order valence-corrected chi connectivity index (χ0v) is 11.8. The predicted octanol–water partition coefficient (Wildman–Crippen LogP) is 2.53. The Hall–Kier alpha value is -2.22. The van der Waals surface area contributed by atoms with Crippen LogP contribution in [-0.4, -0.2) is 28.0 Å². The third kappa shape index (κ3) is 3.89. The fourth-order valence-electron chi connectivity index (χ4n) is 1.66. The highest BCUT2D eigenvalue weighted by atomic mass is 32.1. The number of anilines is 2. The van der Waals surface area contributed by atoms with Gasteiger partial charge in [0, 0.05) is 24.9 Å². The van der Waals surface area contributed by atoms with Crippen molar-refractivity contribution in [3.8, 4) is 0 Å². The van der Waals surface area contributed by atoms with E-state index in [1.807, 2.05) is 12.3 Å². The number of hydrogen-bond donors (Lipinski definition) is 2. The average Bonchev–Trinajstić information content (AvgIpc) is 2.92. The Balaban J connectivity index is 2.03. The summed E-state index contributed by atoms with van der Waals surface area (Å²) in [6.45, 7) is 3.20. The van der Waals surface area contributed by atoms with E-state index in [9.17, 15) is 10.1 Å². The molecule has 0 aliphatic heterocycles. The average molecular weight is 293 g/mol. The third-order valence-electron chi connectivity index (χ3n) is 2.55. The molecule has 2 rings (SSSR count). The summed E-state index contributed by atoms with van der Waals surface area (Å²) < 4.78 is 0. The van der Waals surface area contributed by atoms with E-state index in [0.717, 1.165) is 12.1 Å². The standard InChI is InChI=1S/C12H15N5O2S/c1-2-13-11-5-10(17(18)19)6-12(16-11)14-4-3-9-7-20-8-15-9/h5-8H,2-4H2,1H3,(H2,13,14,16). The normalized spacial score (nSPS) is 10.2. The molecule has 2 heterocycles. The highest BCUT2D eigenvalue weighted by Gasteiger charge is 2.10. The first-order chi connectivity index (χ1) is 9.69. The molecule has 8 heteroatoms. The Labute approximate surface area is 120 Å². The van der Waals surface area contributed by atoms with Crippen molar-refractivity contribution in [1.29, 1.82) is 0 Å². The molecule has 20 heavy (non-hydrogen) atoms. The minimum Gasteiger partial charge on any atom is -0.370 e. The first-order valence-electron chi connectivity index (χ1n) is 6.20. The van der Waals surface area contributed by atoms with Crippen molar-refractivity contribution < 1.29 is 4.92 Å². The fraction of sp³-hybridized carbons (Fsp3) is 0.333. The van der Waals surface area contributed by atoms with E-state index in [4.69, 9.17) is 0 Å². The van der Waals surface area contributed by atoms with Gasteiger partial charge < -0.3 is 10.6 Å². The first kappa shape index (κ1) is 14.2. The second-order valence-corrected chi connectivity index (χ2v) is 4.76. The monoisotopic (exact) mass is 293 g/mol. The fourth-order valence-corrected chi connectivity index (χ4v) is 2.26. The van der Waals surface area contributed by atoms with Crippen molar-refractivity contribution in [2.24, 2.45) is 0 Å². The summed E-state index contributed by atoms with van der Waals surface area (Å²) >= 11 is 1.55. The van der Waals surface area contributed by atoms with Crippen LogP contribution in [0, 0.1) is 10.1 Å². The van der Waals surface area contributed by atoms with Crippen molar-refractivity contribution in [2.75, 3.05) is 23.7 Å². The molecular weight excluding hydrogens is 278 g/mol. The van der Waals surface area contributed by atoms with Crippen LogP contribution in [0.2, 0.25) is 0 Å². The smallest absolute Gasteiger partial charge is 0.276 e. The second kappa shape index (κ2) is 6.80. The topological polar surface area (TPSA) is 93.0 Å². The van der Waals surface area contributed by atoms with Crippen LogP contribution in [0.3, 0.4) is 0 Å². The number of nitrogens with one attached hydrogen (secondary N) is 2. The molecule has 0 radical (unpaired) electrons. The molecule has 0 aliphatic rings. The predicted molar refractivity (Wildman–Crippen MR) is 79.4 cm³/mol. The van der Waals surface area contributed by atoms with Crippen LogP contribution in [0.15, 0.2) is 23.0 Å². The molecule has 0 atom stereocenters. The van der Waals surface area contributed by atoms with Crippen LogP contribution in [0.4, 0.5) is 17.3 Å². The van der Waals surface area contributed by atoms with Crippen LogP contribution in [0.1, 0.15) is 12.6 Å². The summed E-state index contributed by atoms with van der Waals surface area (Å²) in [7, 11) is 0. The summed E-state index contributed by atoms with van der Waals surface area (Å²) in [5.74, 6) is 0.989. The molecule has 0 spiro atoms. The summed E-state index contributed by atoms with van der Waals surface area (Å²) in [6.07, 6.45) is 0.754. The van der Waals surface area contributed by atoms with E-state index < -0.39 is 4.92 Å². The van der Waals surface area contributed by atoms with Crippen molar-refractivity contribution >= 4 is 28.7 Å². The Kier molecular flexibility index (Phi) is 4.83. The number of nitrogens with zero attached hydrogens (tertiary/aromatic N) is 3. The summed E-state index contributed by atoms with van der Waals surface area (Å²) in [4.78, 5) is 18.9. The maximum absolute atomic E-state index is 10.9. The van der Waals surface area contributed by atoms with Gasteiger partial charge in [-0.25, -0.2) is 9.97 Å². The molecular formula is C12H15N5O2S. The van der Waals surface area contributed by atoms with Crippen LogP contribution in [-0.2, 0) is 6.42 Å². The number of hydrogen-bond acceptors (Lipinski definition) is 7. The van der Waals surface area contributed by atoms with Gasteiger partial charge in [0.25, 0.3) is 5.69 Å². The molecule has 7 nitrogen and oxygen atoms in total. The minimum atomic E-state index is -0.422. The maximum Gasteiger partial charge on any atom is 0.276 e. The van der Waals surface area contributed by atoms with E-state index in [-0.39, 0.29) is 5.69 Å². The minimum absolute atomic E-state index is 0.0205. The zero-order chi connectivity index (χ0) is 14.4. The Morgan fingerprint density at radius 2 is 2.10 bits per heavy atom. The van der Waals surface area contributed by atoms with Gasteiger partial charge in [-0.2, -0.15) is 0 Å². The van der Waals surface area contributed by atoms with Gasteiger partial charge in [-0.05, 0) is 6.92 Å². The van der Waals surface area contributed by atoms with E-state index in [1.54, 1.807) is 16.8 Å². The van der Waals surface area contributed by atoms with Gasteiger partial charge in [0.05, 0.1) is 28.3 Å². The molecule has 0 amide bonds. The molecule has 0 fully saturated rings. The first-order valence-corrected chi connectivity index (χ1v) is 7.14. The molecule has 2 aromatic rings. The highest BCUT2D eigenvalue weighted by Crippen LogP contribution is 2.20. The molecule has 0 aromatic carbocycles. The lowest BCUT2D eigenvalue weighted by Crippen LogP contribution is -2.09. The molecule has 0 saturated heterocycles. The van der Waals surface area contributed by atoms with Gasteiger partial charge in [-0.3, -0.25) is 10.1 Å². The third-order valence-corrected chi connectivity index (χ3v) is 3.18. The van der Waals surface area contributed by atoms with Gasteiger partial charge >= 0.3 is 0 Å². The molecule has 2 aromatic heterocycles. The van der Waals surface area contributed by atoms with Crippen LogP contribution >= 0.6 is 11.3 Å². The number of aromatic nitrogens is 2. The van der Waals surface area contributed by atoms with Gasteiger partial charge in [0.2, 0.25) is 0 Å². The SMILES string of the molecule is CCNc1cc([N+](=O)[O-])cc(NCCc2cscn2)n1. The number of nitro groups is 1. The summed E-state index contributed by atoms with van der Waals surface area (Å²) in [5, 5.41) is 18.9. The summed E-state index contributed by atoms with van der Waals surface area (Å²) in [6, 6.07) is 2.86. The van der Waals surface area contributed by atoms with E-state index in [1.165, 1.54) is 12.1 Å². The van der Waals surface area contributed by atoms with Crippen molar-refractivity contribution in [3.05, 3.63) is 38.8 Å². The molecule has 2 N–H and O–H groups in total. The lowest BCUT2D eigenvalue weighted by Gasteiger charge is -2.08. The molecule has 0 bridgehead atoms. The Morgan fingerprint density at radius 3 is 2.70 bits per heavy atom. The van der Waals surface area contributed by atoms with Gasteiger partial charge in [0.1, 0.15) is 11.6 Å². The molecule has 0 saturated carbocycles. The van der Waals surface area contributed by atoms with Crippen molar-refractivity contribution in [1.82, 2.24) is 9.97 Å². The largest absolute Gasteiger partial charge is 0.370 e. The maximum atomic E-state index is 10.9. The van der Waals surface area contributed by atoms with E-state index in [0.29, 0.717) is 24.7 Å². The number of thiazole rings is 1. The van der Waals surface area contributed by atoms with Crippen molar-refractivity contribution in [3.63, 3.8) is 0 Å². The number of pyridine rings is 1. The van der Waals surface area contributed by atoms with Crippen LogP contribution in [0.25, 0.3) is 0 Å². The van der Waals surface area contributed by atoms with Crippen molar-refractivity contribution in [2.45, 2.75) is 13.3 Å². The zero-order valence-electron chi connectivity index (χ0n) is 11.0. The molecule has 106 valence electrons. The van der Waals surface area contributed by atoms with Gasteiger partial charge in [0.15, 0.2) is 0 Å². The molecule has 0 aliphatic carbocycles. The second-order valence-electron chi connectivity index (χ2n) is 4.04. The molecule has 0 unspecified atom stereocenters. The summed E-state index contributed by atoms with van der Waals surface area (Å²) in [5.41, 5.74) is 2.80. The van der Waals surface area contributed by atoms with Crippen LogP contribution in [0.5, 0.6) is 0 Å². The Bertz CT molecular complexity index is 573. The lowest BCUT2D eigenvalue weighted by atomic mass is 10.3. The van der Waals surface area contributed by atoms with E-state index in [2.05, 4.69) is 20.6 Å². The van der Waals surface area contributed by atoms with E-state index >= 15 is 0 Å². The number of rotatable bonds is 7.